The van der Waals surface area contributed by atoms with Crippen LogP contribution in [0.2, 0.25) is 0 Å². The quantitative estimate of drug-likeness (QED) is 0.310. The van der Waals surface area contributed by atoms with Crippen LogP contribution in [0, 0.1) is 5.92 Å². The van der Waals surface area contributed by atoms with Crippen molar-refractivity contribution in [3.63, 3.8) is 0 Å². The molecule has 0 aromatic rings. The second kappa shape index (κ2) is 7.42. The summed E-state index contributed by atoms with van der Waals surface area (Å²) in [5.74, 6) is -1.70. The van der Waals surface area contributed by atoms with E-state index in [4.69, 9.17) is 14.7 Å². The molecule has 0 aromatic heterocycles. The van der Waals surface area contributed by atoms with Gasteiger partial charge in [-0.25, -0.2) is 0 Å². The van der Waals surface area contributed by atoms with Gasteiger partial charge >= 0.3 is 11.9 Å². The van der Waals surface area contributed by atoms with E-state index in [1.54, 1.807) is 13.8 Å². The fraction of sp³-hybridized carbons (Fsp3) is 0.778. The molecule has 0 aliphatic carbocycles. The molecule has 8 nitrogen and oxygen atoms in total. The third kappa shape index (κ3) is 8.00. The van der Waals surface area contributed by atoms with Crippen LogP contribution >= 0.6 is 0 Å². The van der Waals surface area contributed by atoms with Gasteiger partial charge in [-0.3, -0.25) is 14.6 Å². The first kappa shape index (κ1) is 15.1. The molecule has 0 bridgehead atoms. The molecular formula is C9H17N3O5. The number of hydrogen-bond acceptors (Lipinski definition) is 6. The van der Waals surface area contributed by atoms with Crippen molar-refractivity contribution in [1.29, 1.82) is 0 Å². The highest BCUT2D eigenvalue weighted by Crippen LogP contribution is 2.02. The normalized spacial score (nSPS) is 12.5. The molecule has 0 aliphatic heterocycles. The molecule has 0 spiro atoms. The molecule has 1 atom stereocenters. The maximum atomic E-state index is 11.1. The van der Waals surface area contributed by atoms with Crippen molar-refractivity contribution in [2.24, 2.45) is 16.4 Å². The highest BCUT2D eigenvalue weighted by molar-refractivity contribution is 5.71. The number of carbonyl (C=O) groups excluding carboxylic acids is 1. The number of rotatable bonds is 7. The number of hydrogen-bond donors (Lipinski definition) is 1. The molecule has 1 N–H and O–H groups in total. The van der Waals surface area contributed by atoms with Crippen LogP contribution in [0.1, 0.15) is 20.8 Å². The summed E-state index contributed by atoms with van der Waals surface area (Å²) in [5, 5.41) is 16.2. The van der Waals surface area contributed by atoms with Crippen LogP contribution in [-0.2, 0) is 19.2 Å². The van der Waals surface area contributed by atoms with Crippen molar-refractivity contribution in [2.75, 3.05) is 13.6 Å². The largest absolute Gasteiger partial charge is 0.480 e. The molecule has 0 radical (unpaired) electrons. The van der Waals surface area contributed by atoms with E-state index >= 15 is 0 Å². The Morgan fingerprint density at radius 3 is 2.41 bits per heavy atom. The van der Waals surface area contributed by atoms with E-state index in [-0.39, 0.29) is 12.5 Å². The number of aliphatic carboxylic acids is 1. The predicted molar refractivity (Wildman–Crippen MR) is 56.6 cm³/mol. The molecule has 17 heavy (non-hydrogen) atoms. The van der Waals surface area contributed by atoms with Gasteiger partial charge in [0.25, 0.3) is 6.29 Å². The van der Waals surface area contributed by atoms with Gasteiger partial charge in [-0.2, -0.15) is 0 Å². The highest BCUT2D eigenvalue weighted by Gasteiger charge is 2.13. The first-order valence-electron chi connectivity index (χ1n) is 5.03. The van der Waals surface area contributed by atoms with E-state index < -0.39 is 18.2 Å². The van der Waals surface area contributed by atoms with Gasteiger partial charge in [-0.15, -0.1) is 0 Å². The monoisotopic (exact) mass is 247 g/mol. The first-order valence-corrected chi connectivity index (χ1v) is 5.03. The van der Waals surface area contributed by atoms with Crippen molar-refractivity contribution in [3.8, 4) is 0 Å². The summed E-state index contributed by atoms with van der Waals surface area (Å²) in [6, 6.07) is 0. The third-order valence-corrected chi connectivity index (χ3v) is 1.50. The summed E-state index contributed by atoms with van der Waals surface area (Å²) >= 11 is 0. The van der Waals surface area contributed by atoms with Gasteiger partial charge in [0.1, 0.15) is 6.54 Å². The highest BCUT2D eigenvalue weighted by atomic mass is 16.8. The molecule has 0 saturated carbocycles. The Morgan fingerprint density at radius 1 is 1.35 bits per heavy atom. The third-order valence-electron chi connectivity index (χ3n) is 1.50. The van der Waals surface area contributed by atoms with Crippen LogP contribution in [0.15, 0.2) is 10.5 Å². The number of nitrogens with zero attached hydrogens (tertiary/aromatic N) is 3. The van der Waals surface area contributed by atoms with Crippen molar-refractivity contribution in [3.05, 3.63) is 0 Å². The van der Waals surface area contributed by atoms with Crippen LogP contribution in [0.25, 0.3) is 0 Å². The molecule has 0 aromatic carbocycles. The molecule has 0 amide bonds. The summed E-state index contributed by atoms with van der Waals surface area (Å²) in [7, 11) is 1.42. The summed E-state index contributed by atoms with van der Waals surface area (Å²) < 4.78 is 4.82. The van der Waals surface area contributed by atoms with Crippen LogP contribution in [0.5, 0.6) is 0 Å². The number of ether oxygens (including phenoxy) is 1. The average molecular weight is 247 g/mol. The molecule has 98 valence electrons. The molecule has 8 heteroatoms. The fourth-order valence-corrected chi connectivity index (χ4v) is 0.698. The molecule has 0 saturated heterocycles. The molecule has 0 rings (SSSR count). The lowest BCUT2D eigenvalue weighted by Gasteiger charge is -2.12. The smallest absolute Gasteiger partial charge is 0.324 e. The van der Waals surface area contributed by atoms with E-state index in [2.05, 4.69) is 10.5 Å². The number of esters is 1. The Hall–Kier alpha value is -1.86. The minimum atomic E-state index is -1.04. The number of carboxylic acids is 1. The topological polar surface area (TPSA) is 101 Å². The Balaban J connectivity index is 3.90. The number of likely N-dealkylation sites (N-methyl/N-ethyl adjacent to an activating group) is 1. The van der Waals surface area contributed by atoms with Gasteiger partial charge in [0.2, 0.25) is 0 Å². The average Bonchev–Trinajstić information content (AvgIpc) is 2.15. The minimum absolute atomic E-state index is 0.257. The maximum Gasteiger partial charge on any atom is 0.324 e. The van der Waals surface area contributed by atoms with Crippen LogP contribution in [0.3, 0.4) is 0 Å². The van der Waals surface area contributed by atoms with Gasteiger partial charge in [0, 0.05) is 19.2 Å². The molecule has 0 heterocycles. The SMILES string of the molecule is CC(O/N=N\N(C)CC(=O)O)OC(=O)C(C)C. The zero-order valence-corrected chi connectivity index (χ0v) is 10.3. The molecular weight excluding hydrogens is 230 g/mol. The molecule has 0 aliphatic rings. The summed E-state index contributed by atoms with van der Waals surface area (Å²) in [5.41, 5.74) is 0. The Bertz CT molecular complexity index is 292. The summed E-state index contributed by atoms with van der Waals surface area (Å²) in [4.78, 5) is 26.1. The number of carbonyl (C=O) groups is 2. The Morgan fingerprint density at radius 2 is 1.94 bits per heavy atom. The van der Waals surface area contributed by atoms with Crippen LogP contribution in [0.4, 0.5) is 0 Å². The lowest BCUT2D eigenvalue weighted by molar-refractivity contribution is -0.181. The first-order chi connectivity index (χ1) is 7.82. The van der Waals surface area contributed by atoms with Crippen molar-refractivity contribution in [2.45, 2.75) is 27.1 Å². The Kier molecular flexibility index (Phi) is 6.61. The molecule has 1 unspecified atom stereocenters. The second-order valence-corrected chi connectivity index (χ2v) is 3.65. The van der Waals surface area contributed by atoms with Gasteiger partial charge in [-0.1, -0.05) is 13.8 Å². The van der Waals surface area contributed by atoms with E-state index in [1.807, 2.05) is 0 Å². The lowest BCUT2D eigenvalue weighted by atomic mass is 10.2. The van der Waals surface area contributed by atoms with Crippen LogP contribution < -0.4 is 0 Å². The summed E-state index contributed by atoms with van der Waals surface area (Å²) in [6.45, 7) is 4.57. The van der Waals surface area contributed by atoms with E-state index in [1.165, 1.54) is 14.0 Å². The van der Waals surface area contributed by atoms with Crippen molar-refractivity contribution >= 4 is 11.9 Å². The Labute approximate surface area is 99.1 Å². The fourth-order valence-electron chi connectivity index (χ4n) is 0.698. The predicted octanol–water partition coefficient (Wildman–Crippen LogP) is 0.847. The standard InChI is InChI=1S/C9H17N3O5/c1-6(2)9(15)16-7(3)17-11-10-12(4)5-8(13)14/h6-7H,5H2,1-4H3,(H,13,14)/b11-10-. The zero-order chi connectivity index (χ0) is 13.4. The van der Waals surface area contributed by atoms with Gasteiger partial charge < -0.3 is 14.7 Å². The van der Waals surface area contributed by atoms with E-state index in [0.29, 0.717) is 0 Å². The maximum absolute atomic E-state index is 11.1. The lowest BCUT2D eigenvalue weighted by Crippen LogP contribution is -2.21. The van der Waals surface area contributed by atoms with E-state index in [0.717, 1.165) is 5.01 Å². The van der Waals surface area contributed by atoms with E-state index in [9.17, 15) is 9.59 Å². The van der Waals surface area contributed by atoms with Gasteiger partial charge in [0.05, 0.1) is 5.92 Å². The van der Waals surface area contributed by atoms with Crippen LogP contribution in [-0.4, -0.2) is 41.9 Å². The minimum Gasteiger partial charge on any atom is -0.480 e. The van der Waals surface area contributed by atoms with Gasteiger partial charge in [-0.05, 0) is 5.22 Å². The molecule has 0 fully saturated rings. The van der Waals surface area contributed by atoms with Crippen molar-refractivity contribution in [1.82, 2.24) is 5.01 Å². The zero-order valence-electron chi connectivity index (χ0n) is 10.3. The summed E-state index contributed by atoms with van der Waals surface area (Å²) in [6.07, 6.45) is -0.869. The second-order valence-electron chi connectivity index (χ2n) is 3.65. The van der Waals surface area contributed by atoms with Gasteiger partial charge in [0.15, 0.2) is 0 Å². The number of carboxylic acid groups (broad SMARTS) is 1. The van der Waals surface area contributed by atoms with Crippen molar-refractivity contribution < 1.29 is 24.3 Å².